The molecule has 2 aromatic rings. The van der Waals surface area contributed by atoms with Gasteiger partial charge < -0.3 is 4.98 Å². The van der Waals surface area contributed by atoms with Crippen LogP contribution in [0.4, 0.5) is 0 Å². The van der Waals surface area contributed by atoms with Gasteiger partial charge in [-0.2, -0.15) is 0 Å². The Morgan fingerprint density at radius 3 is 2.58 bits per heavy atom. The molecular formula is C9H6ClN2. The lowest BCUT2D eigenvalue weighted by Gasteiger charge is -1.94. The van der Waals surface area contributed by atoms with Crippen LogP contribution in [0.3, 0.4) is 0 Å². The van der Waals surface area contributed by atoms with Crippen molar-refractivity contribution in [2.45, 2.75) is 0 Å². The van der Waals surface area contributed by atoms with Crippen LogP contribution >= 0.6 is 11.6 Å². The van der Waals surface area contributed by atoms with Gasteiger partial charge in [-0.05, 0) is 12.1 Å². The molecule has 0 unspecified atom stereocenters. The molecule has 1 aromatic heterocycles. The summed E-state index contributed by atoms with van der Waals surface area (Å²) < 4.78 is 0. The molecule has 1 aromatic carbocycles. The van der Waals surface area contributed by atoms with Crippen LogP contribution < -0.4 is 0 Å². The van der Waals surface area contributed by atoms with Crippen LogP contribution in [0, 0.1) is 6.33 Å². The quantitative estimate of drug-likeness (QED) is 0.713. The fourth-order valence-corrected chi connectivity index (χ4v) is 1.12. The highest BCUT2D eigenvalue weighted by molar-refractivity contribution is 6.30. The number of nitrogens with one attached hydrogen (secondary N) is 1. The Morgan fingerprint density at radius 1 is 1.25 bits per heavy atom. The molecule has 0 aliphatic heterocycles. The minimum atomic E-state index is 0.735. The Hall–Kier alpha value is -1.28. The highest BCUT2D eigenvalue weighted by Crippen LogP contribution is 2.18. The molecule has 2 rings (SSSR count). The predicted octanol–water partition coefficient (Wildman–Crippen LogP) is 2.53. The van der Waals surface area contributed by atoms with Crippen LogP contribution in [0.25, 0.3) is 11.3 Å². The molecule has 59 valence electrons. The normalized spacial score (nSPS) is 10.1. The molecule has 0 fully saturated rings. The summed E-state index contributed by atoms with van der Waals surface area (Å²) in [5.74, 6) is 0. The summed E-state index contributed by atoms with van der Waals surface area (Å²) in [5.41, 5.74) is 1.92. The van der Waals surface area contributed by atoms with E-state index in [0.717, 1.165) is 16.3 Å². The van der Waals surface area contributed by atoms with Crippen LogP contribution in [-0.2, 0) is 0 Å². The van der Waals surface area contributed by atoms with Crippen LogP contribution in [0.5, 0.6) is 0 Å². The molecule has 1 radical (unpaired) electrons. The second-order valence-electron chi connectivity index (χ2n) is 2.40. The monoisotopic (exact) mass is 177 g/mol. The van der Waals surface area contributed by atoms with Gasteiger partial charge in [0.25, 0.3) is 0 Å². The number of halogens is 1. The molecule has 12 heavy (non-hydrogen) atoms. The van der Waals surface area contributed by atoms with Crippen molar-refractivity contribution in [1.82, 2.24) is 9.97 Å². The van der Waals surface area contributed by atoms with E-state index in [1.165, 1.54) is 0 Å². The van der Waals surface area contributed by atoms with Gasteiger partial charge in [-0.15, -0.1) is 0 Å². The summed E-state index contributed by atoms with van der Waals surface area (Å²) in [5, 5.41) is 0.735. The SMILES string of the molecule is Clc1ccc(-c2c[nH][c]n2)cc1. The van der Waals surface area contributed by atoms with Gasteiger partial charge in [-0.1, -0.05) is 23.7 Å². The maximum Gasteiger partial charge on any atom is 0.174 e. The summed E-state index contributed by atoms with van der Waals surface area (Å²) >= 11 is 5.74. The van der Waals surface area contributed by atoms with Gasteiger partial charge in [-0.25, -0.2) is 4.98 Å². The van der Waals surface area contributed by atoms with Gasteiger partial charge in [-0.3, -0.25) is 0 Å². The van der Waals surface area contributed by atoms with E-state index in [1.54, 1.807) is 6.20 Å². The third-order valence-corrected chi connectivity index (χ3v) is 1.84. The molecule has 0 bridgehead atoms. The summed E-state index contributed by atoms with van der Waals surface area (Å²) in [7, 11) is 0. The lowest BCUT2D eigenvalue weighted by Crippen LogP contribution is -1.74. The second kappa shape index (κ2) is 2.99. The van der Waals surface area contributed by atoms with Crippen molar-refractivity contribution >= 4 is 11.6 Å². The predicted molar refractivity (Wildman–Crippen MR) is 47.9 cm³/mol. The first-order valence-electron chi connectivity index (χ1n) is 3.53. The zero-order chi connectivity index (χ0) is 8.39. The Bertz CT molecular complexity index is 351. The average Bonchev–Trinajstić information content (AvgIpc) is 2.58. The maximum atomic E-state index is 5.74. The number of hydrogen-bond donors (Lipinski definition) is 1. The van der Waals surface area contributed by atoms with Gasteiger partial charge in [0.15, 0.2) is 6.33 Å². The lowest BCUT2D eigenvalue weighted by molar-refractivity contribution is 1.29. The molecule has 0 saturated heterocycles. The standard InChI is InChI=1S/C9H6ClN2/c10-8-3-1-7(2-4-8)9-5-11-6-12-9/h1-5H,(H,11,12). The summed E-state index contributed by atoms with van der Waals surface area (Å²) in [6, 6.07) is 7.52. The molecule has 0 aliphatic rings. The first-order chi connectivity index (χ1) is 5.86. The van der Waals surface area contributed by atoms with Crippen LogP contribution in [0.1, 0.15) is 0 Å². The second-order valence-corrected chi connectivity index (χ2v) is 2.84. The fraction of sp³-hybridized carbons (Fsp3) is 0. The third kappa shape index (κ3) is 1.34. The van der Waals surface area contributed by atoms with Crippen molar-refractivity contribution in [3.8, 4) is 11.3 Å². The Labute approximate surface area is 75.2 Å². The van der Waals surface area contributed by atoms with E-state index in [0.29, 0.717) is 0 Å². The number of hydrogen-bond acceptors (Lipinski definition) is 1. The van der Waals surface area contributed by atoms with Gasteiger partial charge in [0, 0.05) is 16.8 Å². The highest BCUT2D eigenvalue weighted by atomic mass is 35.5. The first-order valence-corrected chi connectivity index (χ1v) is 3.91. The zero-order valence-electron chi connectivity index (χ0n) is 6.21. The fourth-order valence-electron chi connectivity index (χ4n) is 0.994. The van der Waals surface area contributed by atoms with E-state index < -0.39 is 0 Å². The van der Waals surface area contributed by atoms with Crippen LogP contribution in [0.2, 0.25) is 5.02 Å². The summed E-state index contributed by atoms with van der Waals surface area (Å²) in [4.78, 5) is 6.77. The van der Waals surface area contributed by atoms with E-state index >= 15 is 0 Å². The van der Waals surface area contributed by atoms with Gasteiger partial charge in [0.2, 0.25) is 0 Å². The van der Waals surface area contributed by atoms with Crippen LogP contribution in [-0.4, -0.2) is 9.97 Å². The molecule has 0 spiro atoms. The number of aromatic nitrogens is 2. The van der Waals surface area contributed by atoms with E-state index in [2.05, 4.69) is 16.3 Å². The maximum absolute atomic E-state index is 5.74. The Balaban J connectivity index is 2.43. The topological polar surface area (TPSA) is 28.7 Å². The Morgan fingerprint density at radius 2 is 2.00 bits per heavy atom. The van der Waals surface area contributed by atoms with Gasteiger partial charge in [0.05, 0.1) is 5.69 Å². The summed E-state index contributed by atoms with van der Waals surface area (Å²) in [6.45, 7) is 0. The van der Waals surface area contributed by atoms with Crippen molar-refractivity contribution < 1.29 is 0 Å². The van der Waals surface area contributed by atoms with E-state index in [9.17, 15) is 0 Å². The zero-order valence-corrected chi connectivity index (χ0v) is 6.97. The Kier molecular flexibility index (Phi) is 1.84. The molecule has 0 amide bonds. The molecule has 0 aliphatic carbocycles. The minimum Gasteiger partial charge on any atom is -0.341 e. The van der Waals surface area contributed by atoms with Gasteiger partial charge in [0.1, 0.15) is 0 Å². The van der Waals surface area contributed by atoms with Crippen molar-refractivity contribution in [1.29, 1.82) is 0 Å². The van der Waals surface area contributed by atoms with Gasteiger partial charge >= 0.3 is 0 Å². The largest absolute Gasteiger partial charge is 0.341 e. The third-order valence-electron chi connectivity index (χ3n) is 1.59. The van der Waals surface area contributed by atoms with Crippen molar-refractivity contribution in [2.24, 2.45) is 0 Å². The molecular weight excluding hydrogens is 172 g/mol. The number of benzene rings is 1. The molecule has 1 N–H and O–H groups in total. The molecule has 3 heteroatoms. The number of imidazole rings is 1. The lowest BCUT2D eigenvalue weighted by atomic mass is 10.2. The number of nitrogens with zero attached hydrogens (tertiary/aromatic N) is 1. The molecule has 0 atom stereocenters. The van der Waals surface area contributed by atoms with Crippen molar-refractivity contribution in [3.05, 3.63) is 41.8 Å². The smallest absolute Gasteiger partial charge is 0.174 e. The number of aromatic amines is 1. The van der Waals surface area contributed by atoms with Crippen LogP contribution in [0.15, 0.2) is 30.5 Å². The molecule has 0 saturated carbocycles. The molecule has 2 nitrogen and oxygen atoms in total. The highest BCUT2D eigenvalue weighted by Gasteiger charge is 1.97. The van der Waals surface area contributed by atoms with Crippen molar-refractivity contribution in [3.63, 3.8) is 0 Å². The number of H-pyrrole nitrogens is 1. The number of rotatable bonds is 1. The van der Waals surface area contributed by atoms with Crippen molar-refractivity contribution in [2.75, 3.05) is 0 Å². The molecule has 1 heterocycles. The van der Waals surface area contributed by atoms with E-state index in [1.807, 2.05) is 24.3 Å². The van der Waals surface area contributed by atoms with E-state index in [4.69, 9.17) is 11.6 Å². The first kappa shape index (κ1) is 7.37. The van der Waals surface area contributed by atoms with E-state index in [-0.39, 0.29) is 0 Å². The average molecular weight is 178 g/mol. The minimum absolute atomic E-state index is 0.735. The summed E-state index contributed by atoms with van der Waals surface area (Å²) in [6.07, 6.45) is 4.43.